The lowest BCUT2D eigenvalue weighted by Gasteiger charge is -2.04. The van der Waals surface area contributed by atoms with Gasteiger partial charge in [-0.1, -0.05) is 6.07 Å². The molecule has 0 saturated carbocycles. The van der Waals surface area contributed by atoms with Crippen LogP contribution in [0.25, 0.3) is 0 Å². The molecule has 2 rings (SSSR count). The highest BCUT2D eigenvalue weighted by Gasteiger charge is 2.16. The van der Waals surface area contributed by atoms with E-state index in [4.69, 9.17) is 0 Å². The number of nitrogens with zero attached hydrogens (tertiary/aromatic N) is 3. The van der Waals surface area contributed by atoms with Crippen molar-refractivity contribution >= 4 is 29.4 Å². The van der Waals surface area contributed by atoms with Crippen LogP contribution in [0.5, 0.6) is 5.75 Å². The Hall–Kier alpha value is -4.22. The normalized spacial score (nSPS) is 10.5. The molecule has 0 aliphatic carbocycles. The number of benzene rings is 2. The van der Waals surface area contributed by atoms with E-state index in [0.717, 1.165) is 30.5 Å². The summed E-state index contributed by atoms with van der Waals surface area (Å²) in [6.07, 6.45) is 0.864. The first kappa shape index (κ1) is 20.1. The van der Waals surface area contributed by atoms with E-state index in [-0.39, 0.29) is 11.1 Å². The van der Waals surface area contributed by atoms with Crippen molar-refractivity contribution in [1.82, 2.24) is 10.7 Å². The molecule has 11 nitrogen and oxygen atoms in total. The number of halogens is 1. The minimum atomic E-state index is -0.800. The Bertz CT molecular complexity index is 978. The van der Waals surface area contributed by atoms with Crippen molar-refractivity contribution in [2.75, 3.05) is 6.54 Å². The number of carbonyl (C=O) groups excluding carboxylic acids is 2. The van der Waals surface area contributed by atoms with Gasteiger partial charge in [-0.2, -0.15) is 5.10 Å². The first-order chi connectivity index (χ1) is 13.3. The van der Waals surface area contributed by atoms with Crippen LogP contribution in [-0.2, 0) is 4.79 Å². The summed E-state index contributed by atoms with van der Waals surface area (Å²) >= 11 is 0. The fourth-order valence-corrected chi connectivity index (χ4v) is 2.00. The molecular formula is C16H12FN5O6. The lowest BCUT2D eigenvalue weighted by atomic mass is 10.1. The van der Waals surface area contributed by atoms with Gasteiger partial charge in [0, 0.05) is 23.3 Å². The number of phenols is 1. The van der Waals surface area contributed by atoms with E-state index in [0.29, 0.717) is 0 Å². The first-order valence-electron chi connectivity index (χ1n) is 7.52. The molecular weight excluding hydrogens is 377 g/mol. The van der Waals surface area contributed by atoms with Gasteiger partial charge in [-0.25, -0.2) is 9.82 Å². The second-order valence-corrected chi connectivity index (χ2v) is 5.24. The number of aromatic hydroxyl groups is 1. The number of non-ortho nitro benzene ring substituents is 1. The maximum Gasteiger partial charge on any atom is 0.272 e. The summed E-state index contributed by atoms with van der Waals surface area (Å²) in [6.45, 7) is -0.491. The molecule has 0 unspecified atom stereocenters. The number of amides is 2. The van der Waals surface area contributed by atoms with Gasteiger partial charge in [-0.05, 0) is 23.4 Å². The van der Waals surface area contributed by atoms with Gasteiger partial charge >= 0.3 is 0 Å². The molecule has 3 N–H and O–H groups in total. The standard InChI is InChI=1S/C16H12FN5O6/c17-11-3-1-2-9(4-11)16(25)18-8-14(23)20-19-7-10-5-12(22(27)28)6-13(21-26)15(10)24/h1-7,24H,8H2,(H,18,25)(H,20,23)/b19-7+. The molecule has 0 heterocycles. The van der Waals surface area contributed by atoms with Gasteiger partial charge in [-0.3, -0.25) is 19.7 Å². The van der Waals surface area contributed by atoms with Crippen LogP contribution in [-0.4, -0.2) is 34.6 Å². The Morgan fingerprint density at radius 2 is 2.04 bits per heavy atom. The highest BCUT2D eigenvalue weighted by molar-refractivity contribution is 5.96. The molecule has 0 aliphatic rings. The van der Waals surface area contributed by atoms with E-state index < -0.39 is 46.2 Å². The largest absolute Gasteiger partial charge is 0.505 e. The fraction of sp³-hybridized carbons (Fsp3) is 0.0625. The van der Waals surface area contributed by atoms with Gasteiger partial charge in [0.25, 0.3) is 17.5 Å². The smallest absolute Gasteiger partial charge is 0.272 e. The zero-order valence-corrected chi connectivity index (χ0v) is 14.0. The molecule has 2 aromatic carbocycles. The van der Waals surface area contributed by atoms with Crippen LogP contribution in [0.15, 0.2) is 46.7 Å². The number of phenolic OH excluding ortho intramolecular Hbond substituents is 1. The minimum absolute atomic E-state index is 0.0201. The molecule has 0 aromatic heterocycles. The lowest BCUT2D eigenvalue weighted by Crippen LogP contribution is -2.34. The van der Waals surface area contributed by atoms with E-state index in [1.165, 1.54) is 12.1 Å². The highest BCUT2D eigenvalue weighted by Crippen LogP contribution is 2.33. The van der Waals surface area contributed by atoms with Gasteiger partial charge in [0.15, 0.2) is 11.4 Å². The van der Waals surface area contributed by atoms with E-state index >= 15 is 0 Å². The fourth-order valence-electron chi connectivity index (χ4n) is 2.00. The summed E-state index contributed by atoms with van der Waals surface area (Å²) in [7, 11) is 0. The summed E-state index contributed by atoms with van der Waals surface area (Å²) in [5, 5.41) is 28.8. The highest BCUT2D eigenvalue weighted by atomic mass is 19.1. The molecule has 0 radical (unpaired) electrons. The number of rotatable bonds is 7. The first-order valence-corrected chi connectivity index (χ1v) is 7.52. The monoisotopic (exact) mass is 389 g/mol. The molecule has 144 valence electrons. The number of hydrogen-bond acceptors (Lipinski definition) is 8. The second-order valence-electron chi connectivity index (χ2n) is 5.24. The van der Waals surface area contributed by atoms with Gasteiger partial charge in [0.05, 0.1) is 17.7 Å². The Balaban J connectivity index is 1.98. The summed E-state index contributed by atoms with van der Waals surface area (Å²) in [5.41, 5.74) is 0.729. The average Bonchev–Trinajstić information content (AvgIpc) is 2.67. The van der Waals surface area contributed by atoms with Crippen LogP contribution in [0.1, 0.15) is 15.9 Å². The molecule has 0 aliphatic heterocycles. The number of hydrazone groups is 1. The Kier molecular flexibility index (Phi) is 6.41. The summed E-state index contributed by atoms with van der Waals surface area (Å²) in [5.74, 6) is -2.71. The zero-order chi connectivity index (χ0) is 20.7. The molecule has 0 fully saturated rings. The van der Waals surface area contributed by atoms with Crippen LogP contribution in [0.4, 0.5) is 15.8 Å². The number of nitroso groups, excluding NO2 is 1. The average molecular weight is 389 g/mol. The van der Waals surface area contributed by atoms with E-state index in [2.05, 4.69) is 15.6 Å². The van der Waals surface area contributed by atoms with Gasteiger partial charge in [-0.15, -0.1) is 4.91 Å². The number of nitro groups is 1. The van der Waals surface area contributed by atoms with E-state index in [1.54, 1.807) is 0 Å². The molecule has 12 heteroatoms. The van der Waals surface area contributed by atoms with E-state index in [1.807, 2.05) is 5.43 Å². The third kappa shape index (κ3) is 5.14. The van der Waals surface area contributed by atoms with Crippen molar-refractivity contribution in [3.8, 4) is 5.75 Å². The summed E-state index contributed by atoms with van der Waals surface area (Å²) < 4.78 is 13.1. The topological polar surface area (TPSA) is 163 Å². The maximum atomic E-state index is 13.1. The van der Waals surface area contributed by atoms with Crippen molar-refractivity contribution in [2.45, 2.75) is 0 Å². The van der Waals surface area contributed by atoms with Crippen LogP contribution >= 0.6 is 0 Å². The molecule has 2 aromatic rings. The predicted molar refractivity (Wildman–Crippen MR) is 94.7 cm³/mol. The van der Waals surface area contributed by atoms with Gasteiger partial charge < -0.3 is 10.4 Å². The van der Waals surface area contributed by atoms with Crippen molar-refractivity contribution in [3.63, 3.8) is 0 Å². The van der Waals surface area contributed by atoms with Crippen LogP contribution < -0.4 is 10.7 Å². The second kappa shape index (κ2) is 8.93. The van der Waals surface area contributed by atoms with Crippen LogP contribution in [0.2, 0.25) is 0 Å². The van der Waals surface area contributed by atoms with Gasteiger partial charge in [0.1, 0.15) is 5.82 Å². The maximum absolute atomic E-state index is 13.1. The van der Waals surface area contributed by atoms with Crippen molar-refractivity contribution in [2.24, 2.45) is 10.3 Å². The molecule has 0 spiro atoms. The van der Waals surface area contributed by atoms with Crippen LogP contribution in [0, 0.1) is 20.8 Å². The molecule has 0 atom stereocenters. The van der Waals surface area contributed by atoms with E-state index in [9.17, 15) is 34.1 Å². The zero-order valence-electron chi connectivity index (χ0n) is 14.0. The number of nitro benzene ring substituents is 1. The Labute approximate surface area is 156 Å². The third-order valence-electron chi connectivity index (χ3n) is 3.30. The molecule has 2 amide bonds. The van der Waals surface area contributed by atoms with Gasteiger partial charge in [0.2, 0.25) is 0 Å². The van der Waals surface area contributed by atoms with Crippen molar-refractivity contribution < 1.29 is 24.0 Å². The molecule has 0 bridgehead atoms. The van der Waals surface area contributed by atoms with Crippen molar-refractivity contribution in [3.05, 3.63) is 68.4 Å². The number of nitrogens with one attached hydrogen (secondary N) is 2. The Morgan fingerprint density at radius 3 is 2.68 bits per heavy atom. The minimum Gasteiger partial charge on any atom is -0.505 e. The predicted octanol–water partition coefficient (Wildman–Crippen LogP) is 1.72. The lowest BCUT2D eigenvalue weighted by molar-refractivity contribution is -0.384. The molecule has 0 saturated heterocycles. The summed E-state index contributed by atoms with van der Waals surface area (Å²) in [6, 6.07) is 6.55. The third-order valence-corrected chi connectivity index (χ3v) is 3.30. The van der Waals surface area contributed by atoms with Crippen LogP contribution in [0.3, 0.4) is 0 Å². The molecule has 28 heavy (non-hydrogen) atoms. The number of carbonyl (C=O) groups is 2. The van der Waals surface area contributed by atoms with Crippen molar-refractivity contribution in [1.29, 1.82) is 0 Å². The number of hydrogen-bond donors (Lipinski definition) is 3. The Morgan fingerprint density at radius 1 is 1.29 bits per heavy atom. The quantitative estimate of drug-likeness (QED) is 0.282. The SMILES string of the molecule is O=Nc1cc([N+](=O)[O-])cc(/C=N/NC(=O)CNC(=O)c2cccc(F)c2)c1O. The summed E-state index contributed by atoms with van der Waals surface area (Å²) in [4.78, 5) is 44.1.